The van der Waals surface area contributed by atoms with Crippen molar-refractivity contribution in [1.82, 2.24) is 14.9 Å². The Morgan fingerprint density at radius 3 is 2.25 bits per heavy atom. The van der Waals surface area contributed by atoms with E-state index >= 15 is 0 Å². The summed E-state index contributed by atoms with van der Waals surface area (Å²) in [6, 6.07) is 9.25. The van der Waals surface area contributed by atoms with Crippen molar-refractivity contribution in [2.24, 2.45) is 0 Å². The molecule has 0 aromatic carbocycles. The molecule has 0 aliphatic heterocycles. The average molecular weight is 383 g/mol. The zero-order valence-corrected chi connectivity index (χ0v) is 17.2. The van der Waals surface area contributed by atoms with Gasteiger partial charge in [0.1, 0.15) is 0 Å². The first-order chi connectivity index (χ1) is 13.4. The van der Waals surface area contributed by atoms with Crippen molar-refractivity contribution < 1.29 is 14.3 Å². The van der Waals surface area contributed by atoms with Gasteiger partial charge in [-0.15, -0.1) is 0 Å². The standard InChI is InChI=1S/C22H29N3O3/c1-15(2)25(16(3)4)22(27)21(17-9-8-11-23-14-17)18(13-20(26)28-5)19-10-6-7-12-24-19/h6-12,14-16,18,21H,13H2,1-5H3. The SMILES string of the molecule is COC(=O)CC(c1ccccn1)C(C(=O)N(C(C)C)C(C)C)c1cccnc1. The third kappa shape index (κ3) is 5.15. The van der Waals surface area contributed by atoms with E-state index in [1.54, 1.807) is 24.7 Å². The van der Waals surface area contributed by atoms with Crippen molar-refractivity contribution >= 4 is 11.9 Å². The Hall–Kier alpha value is -2.76. The Balaban J connectivity index is 2.59. The van der Waals surface area contributed by atoms with Gasteiger partial charge in [0.15, 0.2) is 0 Å². The summed E-state index contributed by atoms with van der Waals surface area (Å²) in [5.41, 5.74) is 1.45. The smallest absolute Gasteiger partial charge is 0.306 e. The topological polar surface area (TPSA) is 72.4 Å². The van der Waals surface area contributed by atoms with Gasteiger partial charge in [-0.05, 0) is 51.5 Å². The van der Waals surface area contributed by atoms with Crippen molar-refractivity contribution in [3.05, 3.63) is 60.2 Å². The van der Waals surface area contributed by atoms with Crippen molar-refractivity contribution in [2.75, 3.05) is 7.11 Å². The molecule has 2 aromatic heterocycles. The molecule has 6 nitrogen and oxygen atoms in total. The Kier molecular flexibility index (Phi) is 7.67. The Labute approximate surface area is 167 Å². The van der Waals surface area contributed by atoms with Crippen LogP contribution in [0.4, 0.5) is 0 Å². The molecule has 2 aromatic rings. The summed E-state index contributed by atoms with van der Waals surface area (Å²) in [5, 5.41) is 0. The van der Waals surface area contributed by atoms with Gasteiger partial charge in [-0.2, -0.15) is 0 Å². The van der Waals surface area contributed by atoms with Gasteiger partial charge in [0.25, 0.3) is 0 Å². The third-order valence-electron chi connectivity index (χ3n) is 4.76. The first kappa shape index (κ1) is 21.5. The quantitative estimate of drug-likeness (QED) is 0.652. The normalized spacial score (nSPS) is 13.2. The molecule has 2 rings (SSSR count). The first-order valence-corrected chi connectivity index (χ1v) is 9.56. The molecule has 28 heavy (non-hydrogen) atoms. The number of carbonyl (C=O) groups is 2. The lowest BCUT2D eigenvalue weighted by Gasteiger charge is -2.36. The molecule has 2 heterocycles. The summed E-state index contributed by atoms with van der Waals surface area (Å²) in [6.45, 7) is 7.98. The van der Waals surface area contributed by atoms with Crippen LogP contribution >= 0.6 is 0 Å². The van der Waals surface area contributed by atoms with E-state index < -0.39 is 11.8 Å². The second-order valence-electron chi connectivity index (χ2n) is 7.34. The number of methoxy groups -OCH3 is 1. The van der Waals surface area contributed by atoms with Crippen LogP contribution in [0.15, 0.2) is 48.9 Å². The minimum atomic E-state index is -0.590. The highest BCUT2D eigenvalue weighted by molar-refractivity contribution is 5.86. The van der Waals surface area contributed by atoms with Gasteiger partial charge >= 0.3 is 5.97 Å². The number of aromatic nitrogens is 2. The molecule has 2 atom stereocenters. The average Bonchev–Trinajstić information content (AvgIpc) is 2.68. The molecular weight excluding hydrogens is 354 g/mol. The van der Waals surface area contributed by atoms with Crippen molar-refractivity contribution in [3.63, 3.8) is 0 Å². The van der Waals surface area contributed by atoms with Crippen LogP contribution in [0.1, 0.15) is 57.2 Å². The summed E-state index contributed by atoms with van der Waals surface area (Å²) in [4.78, 5) is 36.4. The number of rotatable bonds is 8. The van der Waals surface area contributed by atoms with Crippen LogP contribution in [0.3, 0.4) is 0 Å². The second-order valence-corrected chi connectivity index (χ2v) is 7.34. The van der Waals surface area contributed by atoms with Gasteiger partial charge in [-0.3, -0.25) is 19.6 Å². The number of ether oxygens (including phenoxy) is 1. The summed E-state index contributed by atoms with van der Waals surface area (Å²) in [5.74, 6) is -1.46. The predicted molar refractivity (Wildman–Crippen MR) is 108 cm³/mol. The summed E-state index contributed by atoms with van der Waals surface area (Å²) >= 11 is 0. The lowest BCUT2D eigenvalue weighted by molar-refractivity contribution is -0.142. The highest BCUT2D eigenvalue weighted by Gasteiger charge is 2.38. The number of amides is 1. The van der Waals surface area contributed by atoms with E-state index in [2.05, 4.69) is 9.97 Å². The lowest BCUT2D eigenvalue weighted by atomic mass is 9.80. The van der Waals surface area contributed by atoms with Crippen LogP contribution in [0.25, 0.3) is 0 Å². The minimum absolute atomic E-state index is 0.0224. The van der Waals surface area contributed by atoms with E-state index in [1.165, 1.54) is 7.11 Å². The van der Waals surface area contributed by atoms with Crippen LogP contribution in [0.2, 0.25) is 0 Å². The molecule has 0 radical (unpaired) electrons. The van der Waals surface area contributed by atoms with Crippen molar-refractivity contribution in [2.45, 2.75) is 58.0 Å². The van der Waals surface area contributed by atoms with Crippen LogP contribution in [0, 0.1) is 0 Å². The monoisotopic (exact) mass is 383 g/mol. The fourth-order valence-corrected chi connectivity index (χ4v) is 3.62. The molecule has 150 valence electrons. The third-order valence-corrected chi connectivity index (χ3v) is 4.76. The fourth-order valence-electron chi connectivity index (χ4n) is 3.62. The maximum absolute atomic E-state index is 13.7. The van der Waals surface area contributed by atoms with E-state index in [1.807, 2.05) is 56.9 Å². The zero-order chi connectivity index (χ0) is 20.7. The number of pyridine rings is 2. The van der Waals surface area contributed by atoms with Gasteiger partial charge in [0.05, 0.1) is 19.4 Å². The predicted octanol–water partition coefficient (Wildman–Crippen LogP) is 3.55. The molecule has 2 unspecified atom stereocenters. The fraction of sp³-hybridized carbons (Fsp3) is 0.455. The summed E-state index contributed by atoms with van der Waals surface area (Å²) in [6.07, 6.45) is 5.09. The largest absolute Gasteiger partial charge is 0.469 e. The van der Waals surface area contributed by atoms with Gasteiger partial charge in [0, 0.05) is 42.3 Å². The van der Waals surface area contributed by atoms with Gasteiger partial charge in [-0.25, -0.2) is 0 Å². The number of hydrogen-bond donors (Lipinski definition) is 0. The van der Waals surface area contributed by atoms with Gasteiger partial charge < -0.3 is 9.64 Å². The molecule has 0 fully saturated rings. The Morgan fingerprint density at radius 2 is 1.75 bits per heavy atom. The molecule has 1 amide bonds. The van der Waals surface area contributed by atoms with Crippen LogP contribution < -0.4 is 0 Å². The summed E-state index contributed by atoms with van der Waals surface area (Å²) in [7, 11) is 1.35. The zero-order valence-electron chi connectivity index (χ0n) is 17.2. The maximum Gasteiger partial charge on any atom is 0.306 e. The molecule has 0 saturated carbocycles. The Morgan fingerprint density at radius 1 is 1.04 bits per heavy atom. The second kappa shape index (κ2) is 9.97. The van der Waals surface area contributed by atoms with E-state index in [-0.39, 0.29) is 30.4 Å². The molecule has 0 saturated heterocycles. The number of esters is 1. The Bertz CT molecular complexity index is 755. The van der Waals surface area contributed by atoms with Crippen LogP contribution in [-0.2, 0) is 14.3 Å². The molecule has 0 bridgehead atoms. The number of carbonyl (C=O) groups excluding carboxylic acids is 2. The van der Waals surface area contributed by atoms with E-state index in [0.717, 1.165) is 5.56 Å². The van der Waals surface area contributed by atoms with Crippen LogP contribution in [-0.4, -0.2) is 45.9 Å². The first-order valence-electron chi connectivity index (χ1n) is 9.56. The van der Waals surface area contributed by atoms with Crippen LogP contribution in [0.5, 0.6) is 0 Å². The molecule has 0 N–H and O–H groups in total. The molecular formula is C22H29N3O3. The highest BCUT2D eigenvalue weighted by Crippen LogP contribution is 2.37. The maximum atomic E-state index is 13.7. The molecule has 0 aliphatic rings. The molecule has 0 spiro atoms. The summed E-state index contributed by atoms with van der Waals surface area (Å²) < 4.78 is 4.92. The van der Waals surface area contributed by atoms with Crippen molar-refractivity contribution in [3.8, 4) is 0 Å². The highest BCUT2D eigenvalue weighted by atomic mass is 16.5. The number of nitrogens with zero attached hydrogens (tertiary/aromatic N) is 3. The minimum Gasteiger partial charge on any atom is -0.469 e. The van der Waals surface area contributed by atoms with Gasteiger partial charge in [0.2, 0.25) is 5.91 Å². The molecule has 6 heteroatoms. The van der Waals surface area contributed by atoms with Crippen molar-refractivity contribution in [1.29, 1.82) is 0 Å². The number of hydrogen-bond acceptors (Lipinski definition) is 5. The van der Waals surface area contributed by atoms with E-state index in [4.69, 9.17) is 4.74 Å². The van der Waals surface area contributed by atoms with Gasteiger partial charge in [-0.1, -0.05) is 12.1 Å². The van der Waals surface area contributed by atoms with E-state index in [0.29, 0.717) is 5.69 Å². The van der Waals surface area contributed by atoms with E-state index in [9.17, 15) is 9.59 Å². The molecule has 0 aliphatic carbocycles. The lowest BCUT2D eigenvalue weighted by Crippen LogP contribution is -2.46.